The summed E-state index contributed by atoms with van der Waals surface area (Å²) in [6, 6.07) is 11.7. The lowest BCUT2D eigenvalue weighted by Gasteiger charge is -2.26. The third-order valence-corrected chi connectivity index (χ3v) is 4.46. The number of fused-ring (bicyclic) bond motifs is 2. The summed E-state index contributed by atoms with van der Waals surface area (Å²) >= 11 is 0. The first kappa shape index (κ1) is 19.5. The van der Waals surface area contributed by atoms with Crippen molar-refractivity contribution < 1.29 is 23.7 Å². The molecule has 0 radical (unpaired) electrons. The molecular formula is C20H24ClNO5. The van der Waals surface area contributed by atoms with Crippen molar-refractivity contribution in [3.8, 4) is 28.7 Å². The molecule has 0 fully saturated rings. The van der Waals surface area contributed by atoms with Crippen LogP contribution in [0.4, 0.5) is 0 Å². The molecule has 0 amide bonds. The molecule has 1 N–H and O–H groups in total. The normalized spacial score (nSPS) is 16.7. The molecule has 6 nitrogen and oxygen atoms in total. The van der Waals surface area contributed by atoms with Gasteiger partial charge in [-0.25, -0.2) is 0 Å². The smallest absolute Gasteiger partial charge is 0.203 e. The molecule has 0 bridgehead atoms. The summed E-state index contributed by atoms with van der Waals surface area (Å²) in [5.41, 5.74) is 1.17. The predicted molar refractivity (Wildman–Crippen MR) is 104 cm³/mol. The maximum absolute atomic E-state index is 5.93. The number of hydrogen-bond acceptors (Lipinski definition) is 6. The molecule has 0 saturated carbocycles. The molecule has 0 spiro atoms. The topological polar surface area (TPSA) is 58.2 Å². The highest BCUT2D eigenvalue weighted by atomic mass is 35.5. The van der Waals surface area contributed by atoms with Crippen LogP contribution in [-0.4, -0.2) is 46.1 Å². The maximum Gasteiger partial charge on any atom is 0.203 e. The van der Waals surface area contributed by atoms with Crippen molar-refractivity contribution in [3.63, 3.8) is 0 Å². The monoisotopic (exact) mass is 393 g/mol. The van der Waals surface area contributed by atoms with Crippen LogP contribution in [-0.2, 0) is 6.42 Å². The van der Waals surface area contributed by atoms with Crippen molar-refractivity contribution in [2.75, 3.05) is 40.0 Å². The average Bonchev–Trinajstić information content (AvgIpc) is 3.16. The average molecular weight is 394 g/mol. The van der Waals surface area contributed by atoms with E-state index >= 15 is 0 Å². The van der Waals surface area contributed by atoms with E-state index in [1.54, 1.807) is 7.11 Å². The highest BCUT2D eigenvalue weighted by Gasteiger charge is 2.22. The summed E-state index contributed by atoms with van der Waals surface area (Å²) in [5, 5.41) is 3.35. The van der Waals surface area contributed by atoms with Gasteiger partial charge >= 0.3 is 0 Å². The van der Waals surface area contributed by atoms with Gasteiger partial charge in [-0.15, -0.1) is 12.4 Å². The molecule has 146 valence electrons. The van der Waals surface area contributed by atoms with Crippen molar-refractivity contribution in [1.82, 2.24) is 5.32 Å². The molecular weight excluding hydrogens is 370 g/mol. The van der Waals surface area contributed by atoms with Gasteiger partial charge in [0.15, 0.2) is 23.0 Å². The zero-order valence-electron chi connectivity index (χ0n) is 15.2. The summed E-state index contributed by atoms with van der Waals surface area (Å²) in [7, 11) is 1.64. The first-order valence-electron chi connectivity index (χ1n) is 8.90. The van der Waals surface area contributed by atoms with Gasteiger partial charge in [0.25, 0.3) is 0 Å². The van der Waals surface area contributed by atoms with E-state index in [9.17, 15) is 0 Å². The van der Waals surface area contributed by atoms with E-state index in [4.69, 9.17) is 23.7 Å². The molecule has 0 unspecified atom stereocenters. The van der Waals surface area contributed by atoms with Crippen LogP contribution >= 0.6 is 12.4 Å². The van der Waals surface area contributed by atoms with Crippen LogP contribution in [0.5, 0.6) is 28.7 Å². The number of benzene rings is 2. The van der Waals surface area contributed by atoms with E-state index in [1.807, 2.05) is 36.4 Å². The number of rotatable bonds is 7. The minimum absolute atomic E-state index is 0. The molecule has 2 heterocycles. The van der Waals surface area contributed by atoms with Crippen molar-refractivity contribution in [1.29, 1.82) is 0 Å². The second-order valence-corrected chi connectivity index (χ2v) is 6.23. The van der Waals surface area contributed by atoms with Gasteiger partial charge in [0.1, 0.15) is 19.3 Å². The quantitative estimate of drug-likeness (QED) is 0.730. The minimum atomic E-state index is -0.0104. The molecule has 2 aliphatic rings. The Bertz CT molecular complexity index is 770. The summed E-state index contributed by atoms with van der Waals surface area (Å²) in [5.74, 6) is 3.80. The van der Waals surface area contributed by atoms with Gasteiger partial charge in [0, 0.05) is 25.1 Å². The van der Waals surface area contributed by atoms with Gasteiger partial charge in [-0.1, -0.05) is 18.2 Å². The number of methoxy groups -OCH3 is 1. The Morgan fingerprint density at radius 2 is 1.96 bits per heavy atom. The van der Waals surface area contributed by atoms with E-state index in [0.29, 0.717) is 44.4 Å². The number of para-hydroxylation sites is 2. The van der Waals surface area contributed by atoms with E-state index in [0.717, 1.165) is 23.7 Å². The SMILES string of the molecule is COc1ccc2c(c1OCCNC[C@@H]1COc3ccccc3O1)OCC2.Cl. The molecule has 2 aromatic carbocycles. The zero-order valence-corrected chi connectivity index (χ0v) is 16.1. The summed E-state index contributed by atoms with van der Waals surface area (Å²) in [4.78, 5) is 0. The second-order valence-electron chi connectivity index (χ2n) is 6.23. The Morgan fingerprint density at radius 1 is 1.11 bits per heavy atom. The lowest BCUT2D eigenvalue weighted by Crippen LogP contribution is -2.39. The fourth-order valence-electron chi connectivity index (χ4n) is 3.15. The molecule has 1 atom stereocenters. The summed E-state index contributed by atoms with van der Waals surface area (Å²) in [6.45, 7) is 3.13. The molecule has 4 rings (SSSR count). The van der Waals surface area contributed by atoms with E-state index in [-0.39, 0.29) is 18.5 Å². The van der Waals surface area contributed by atoms with Crippen LogP contribution in [0.1, 0.15) is 5.56 Å². The maximum atomic E-state index is 5.93. The highest BCUT2D eigenvalue weighted by Crippen LogP contribution is 2.42. The van der Waals surface area contributed by atoms with Crippen LogP contribution in [0, 0.1) is 0 Å². The number of ether oxygens (including phenoxy) is 5. The molecule has 2 aliphatic heterocycles. The van der Waals surface area contributed by atoms with Gasteiger partial charge in [-0.2, -0.15) is 0 Å². The Hall–Kier alpha value is -2.31. The first-order chi connectivity index (χ1) is 12.8. The lowest BCUT2D eigenvalue weighted by atomic mass is 10.1. The molecule has 7 heteroatoms. The van der Waals surface area contributed by atoms with Gasteiger partial charge in [-0.3, -0.25) is 0 Å². The van der Waals surface area contributed by atoms with Gasteiger partial charge in [0.2, 0.25) is 5.75 Å². The van der Waals surface area contributed by atoms with Crippen LogP contribution in [0.3, 0.4) is 0 Å². The van der Waals surface area contributed by atoms with Gasteiger partial charge in [0.05, 0.1) is 13.7 Å². The van der Waals surface area contributed by atoms with Crippen LogP contribution < -0.4 is 29.0 Å². The Labute approximate surface area is 165 Å². The van der Waals surface area contributed by atoms with E-state index in [1.165, 1.54) is 5.56 Å². The van der Waals surface area contributed by atoms with Gasteiger partial charge < -0.3 is 29.0 Å². The number of nitrogens with one attached hydrogen (secondary N) is 1. The number of halogens is 1. The van der Waals surface area contributed by atoms with Crippen LogP contribution in [0.25, 0.3) is 0 Å². The van der Waals surface area contributed by atoms with Gasteiger partial charge in [-0.05, 0) is 18.2 Å². The second kappa shape index (κ2) is 9.06. The van der Waals surface area contributed by atoms with Crippen LogP contribution in [0.15, 0.2) is 36.4 Å². The fraction of sp³-hybridized carbons (Fsp3) is 0.400. The summed E-state index contributed by atoms with van der Waals surface area (Å²) < 4.78 is 28.7. The van der Waals surface area contributed by atoms with E-state index in [2.05, 4.69) is 5.32 Å². The number of hydrogen-bond donors (Lipinski definition) is 1. The molecule has 27 heavy (non-hydrogen) atoms. The predicted octanol–water partition coefficient (Wildman–Crippen LogP) is 2.86. The van der Waals surface area contributed by atoms with E-state index < -0.39 is 0 Å². The van der Waals surface area contributed by atoms with Crippen LogP contribution in [0.2, 0.25) is 0 Å². The Morgan fingerprint density at radius 3 is 2.81 bits per heavy atom. The largest absolute Gasteiger partial charge is 0.493 e. The molecule has 0 aliphatic carbocycles. The third-order valence-electron chi connectivity index (χ3n) is 4.46. The first-order valence-corrected chi connectivity index (χ1v) is 8.90. The van der Waals surface area contributed by atoms with Crippen molar-refractivity contribution in [2.24, 2.45) is 0 Å². The Kier molecular flexibility index (Phi) is 6.53. The fourth-order valence-corrected chi connectivity index (χ4v) is 3.15. The molecule has 0 aromatic heterocycles. The highest BCUT2D eigenvalue weighted by molar-refractivity contribution is 5.85. The molecule has 0 saturated heterocycles. The third kappa shape index (κ3) is 4.34. The Balaban J connectivity index is 0.00000210. The zero-order chi connectivity index (χ0) is 17.8. The van der Waals surface area contributed by atoms with Crippen molar-refractivity contribution in [3.05, 3.63) is 42.0 Å². The lowest BCUT2D eigenvalue weighted by molar-refractivity contribution is 0.0896. The minimum Gasteiger partial charge on any atom is -0.493 e. The summed E-state index contributed by atoms with van der Waals surface area (Å²) in [6.07, 6.45) is 0.901. The van der Waals surface area contributed by atoms with Crippen molar-refractivity contribution in [2.45, 2.75) is 12.5 Å². The van der Waals surface area contributed by atoms with Crippen molar-refractivity contribution >= 4 is 12.4 Å². The molecule has 2 aromatic rings. The standard InChI is InChI=1S/C20H23NO5.ClH/c1-22-18-7-6-14-8-10-23-19(14)20(18)24-11-9-21-12-15-13-25-16-4-2-3-5-17(16)26-15;/h2-7,15,21H,8-13H2,1H3;1H/t15-;/m1./s1.